The lowest BCUT2D eigenvalue weighted by atomic mass is 10.1. The summed E-state index contributed by atoms with van der Waals surface area (Å²) in [7, 11) is 3.70. The second-order valence-corrected chi connectivity index (χ2v) is 5.25. The van der Waals surface area contributed by atoms with Crippen LogP contribution < -0.4 is 5.32 Å². The van der Waals surface area contributed by atoms with Crippen LogP contribution in [0.4, 0.5) is 11.4 Å². The fourth-order valence-electron chi connectivity index (χ4n) is 2.05. The number of hydrogen-bond acceptors (Lipinski definition) is 5. The summed E-state index contributed by atoms with van der Waals surface area (Å²) in [6, 6.07) is 5.54. The predicted molar refractivity (Wildman–Crippen MR) is 84.7 cm³/mol. The highest BCUT2D eigenvalue weighted by Crippen LogP contribution is 2.26. The predicted octanol–water partition coefficient (Wildman–Crippen LogP) is 2.88. The highest BCUT2D eigenvalue weighted by Gasteiger charge is 2.15. The van der Waals surface area contributed by atoms with Gasteiger partial charge in [-0.15, -0.1) is 0 Å². The molecule has 1 atom stereocenters. The van der Waals surface area contributed by atoms with E-state index in [0.29, 0.717) is 12.3 Å². The smallest absolute Gasteiger partial charge is 0.292 e. The highest BCUT2D eigenvalue weighted by atomic mass is 16.6. The Kier molecular flexibility index (Phi) is 7.11. The molecule has 0 bridgehead atoms. The molecule has 1 unspecified atom stereocenters. The number of nitrogens with one attached hydrogen (secondary N) is 1. The minimum Gasteiger partial charge on any atom is -0.383 e. The van der Waals surface area contributed by atoms with Crippen molar-refractivity contribution >= 4 is 11.4 Å². The van der Waals surface area contributed by atoms with Gasteiger partial charge in [-0.25, -0.2) is 0 Å². The molecule has 1 rings (SSSR count). The first-order chi connectivity index (χ1) is 9.99. The summed E-state index contributed by atoms with van der Waals surface area (Å²) in [4.78, 5) is 12.9. The second kappa shape index (κ2) is 8.59. The Morgan fingerprint density at radius 2 is 2.19 bits per heavy atom. The van der Waals surface area contributed by atoms with E-state index in [-0.39, 0.29) is 16.7 Å². The van der Waals surface area contributed by atoms with Gasteiger partial charge in [0.25, 0.3) is 5.69 Å². The molecule has 0 saturated carbocycles. The number of nitro benzene ring substituents is 1. The van der Waals surface area contributed by atoms with Gasteiger partial charge in [-0.3, -0.25) is 15.0 Å². The van der Waals surface area contributed by atoms with Crippen LogP contribution in [0.15, 0.2) is 18.2 Å². The van der Waals surface area contributed by atoms with Crippen molar-refractivity contribution in [2.75, 3.05) is 32.6 Å². The molecule has 6 heteroatoms. The topological polar surface area (TPSA) is 67.6 Å². The SMILES string of the molecule is CCCNc1cc(CN(C)C(C)COC)ccc1[N+](=O)[O-]. The number of likely N-dealkylation sites (N-methyl/N-ethyl adjacent to an activating group) is 1. The molecule has 0 aliphatic heterocycles. The summed E-state index contributed by atoms with van der Waals surface area (Å²) in [5.41, 5.74) is 1.76. The van der Waals surface area contributed by atoms with Crippen molar-refractivity contribution in [3.8, 4) is 0 Å². The molecule has 6 nitrogen and oxygen atoms in total. The molecule has 0 saturated heterocycles. The van der Waals surface area contributed by atoms with Crippen LogP contribution in [-0.4, -0.2) is 43.2 Å². The van der Waals surface area contributed by atoms with E-state index in [0.717, 1.165) is 25.1 Å². The van der Waals surface area contributed by atoms with Crippen molar-refractivity contribution in [3.05, 3.63) is 33.9 Å². The summed E-state index contributed by atoms with van der Waals surface area (Å²) in [5.74, 6) is 0. The van der Waals surface area contributed by atoms with E-state index in [2.05, 4.69) is 17.1 Å². The fraction of sp³-hybridized carbons (Fsp3) is 0.600. The minimum absolute atomic E-state index is 0.125. The lowest BCUT2D eigenvalue weighted by molar-refractivity contribution is -0.384. The number of hydrogen-bond donors (Lipinski definition) is 1. The van der Waals surface area contributed by atoms with Crippen molar-refractivity contribution in [2.24, 2.45) is 0 Å². The first kappa shape index (κ1) is 17.4. The fourth-order valence-corrected chi connectivity index (χ4v) is 2.05. The molecule has 0 aliphatic carbocycles. The van der Waals surface area contributed by atoms with Gasteiger partial charge in [-0.05, 0) is 32.0 Å². The first-order valence-electron chi connectivity index (χ1n) is 7.20. The molecular weight excluding hydrogens is 270 g/mol. The monoisotopic (exact) mass is 295 g/mol. The Balaban J connectivity index is 2.86. The average molecular weight is 295 g/mol. The van der Waals surface area contributed by atoms with E-state index < -0.39 is 0 Å². The maximum Gasteiger partial charge on any atom is 0.292 e. The number of nitro groups is 1. The number of benzene rings is 1. The number of nitrogens with zero attached hydrogens (tertiary/aromatic N) is 2. The average Bonchev–Trinajstić information content (AvgIpc) is 2.45. The van der Waals surface area contributed by atoms with E-state index in [1.165, 1.54) is 0 Å². The molecule has 0 aromatic heterocycles. The van der Waals surface area contributed by atoms with Crippen molar-refractivity contribution in [1.82, 2.24) is 4.90 Å². The van der Waals surface area contributed by atoms with Crippen molar-refractivity contribution in [3.63, 3.8) is 0 Å². The molecule has 0 fully saturated rings. The molecule has 1 aromatic carbocycles. The number of anilines is 1. The Morgan fingerprint density at radius 3 is 2.76 bits per heavy atom. The molecule has 0 radical (unpaired) electrons. The quantitative estimate of drug-likeness (QED) is 0.560. The maximum absolute atomic E-state index is 11.1. The van der Waals surface area contributed by atoms with E-state index in [1.54, 1.807) is 13.2 Å². The summed E-state index contributed by atoms with van der Waals surface area (Å²) in [5, 5.41) is 14.2. The van der Waals surface area contributed by atoms with Gasteiger partial charge in [0, 0.05) is 32.3 Å². The Labute approximate surface area is 126 Å². The molecule has 118 valence electrons. The highest BCUT2D eigenvalue weighted by molar-refractivity contribution is 5.62. The minimum atomic E-state index is -0.348. The Hall–Kier alpha value is -1.66. The van der Waals surface area contributed by atoms with E-state index in [9.17, 15) is 10.1 Å². The van der Waals surface area contributed by atoms with E-state index >= 15 is 0 Å². The van der Waals surface area contributed by atoms with E-state index in [4.69, 9.17) is 4.74 Å². The Morgan fingerprint density at radius 1 is 1.48 bits per heavy atom. The van der Waals surface area contributed by atoms with Crippen LogP contribution >= 0.6 is 0 Å². The first-order valence-corrected chi connectivity index (χ1v) is 7.20. The van der Waals surface area contributed by atoms with Gasteiger partial charge in [0.2, 0.25) is 0 Å². The number of ether oxygens (including phenoxy) is 1. The molecule has 0 heterocycles. The molecule has 0 aliphatic rings. The van der Waals surface area contributed by atoms with Crippen LogP contribution in [-0.2, 0) is 11.3 Å². The summed E-state index contributed by atoms with van der Waals surface area (Å²) < 4.78 is 5.15. The van der Waals surface area contributed by atoms with Gasteiger partial charge < -0.3 is 10.1 Å². The van der Waals surface area contributed by atoms with Crippen molar-refractivity contribution in [2.45, 2.75) is 32.9 Å². The molecule has 1 N–H and O–H groups in total. The summed E-state index contributed by atoms with van der Waals surface area (Å²) >= 11 is 0. The number of rotatable bonds is 9. The van der Waals surface area contributed by atoms with Gasteiger partial charge in [-0.2, -0.15) is 0 Å². The lowest BCUT2D eigenvalue weighted by Crippen LogP contribution is -2.32. The summed E-state index contributed by atoms with van der Waals surface area (Å²) in [6.07, 6.45) is 0.923. The van der Waals surface area contributed by atoms with Crippen LogP contribution in [0.25, 0.3) is 0 Å². The van der Waals surface area contributed by atoms with Crippen molar-refractivity contribution < 1.29 is 9.66 Å². The normalized spacial score (nSPS) is 12.4. The van der Waals surface area contributed by atoms with Gasteiger partial charge >= 0.3 is 0 Å². The van der Waals surface area contributed by atoms with Crippen molar-refractivity contribution in [1.29, 1.82) is 0 Å². The third-order valence-corrected chi connectivity index (χ3v) is 3.42. The zero-order valence-electron chi connectivity index (χ0n) is 13.3. The van der Waals surface area contributed by atoms with Crippen LogP contribution in [0, 0.1) is 10.1 Å². The third-order valence-electron chi connectivity index (χ3n) is 3.42. The van der Waals surface area contributed by atoms with Crippen LogP contribution in [0.3, 0.4) is 0 Å². The zero-order chi connectivity index (χ0) is 15.8. The van der Waals surface area contributed by atoms with Crippen LogP contribution in [0.2, 0.25) is 0 Å². The molecule has 0 amide bonds. The van der Waals surface area contributed by atoms with Gasteiger partial charge in [0.05, 0.1) is 11.5 Å². The molecule has 0 spiro atoms. The molecule has 21 heavy (non-hydrogen) atoms. The second-order valence-electron chi connectivity index (χ2n) is 5.25. The maximum atomic E-state index is 11.1. The van der Waals surface area contributed by atoms with Gasteiger partial charge in [-0.1, -0.05) is 13.0 Å². The zero-order valence-corrected chi connectivity index (χ0v) is 13.3. The molecule has 1 aromatic rings. The Bertz CT molecular complexity index is 465. The summed E-state index contributed by atoms with van der Waals surface area (Å²) in [6.45, 7) is 6.22. The molecular formula is C15H25N3O3. The largest absolute Gasteiger partial charge is 0.383 e. The van der Waals surface area contributed by atoms with Crippen LogP contribution in [0.1, 0.15) is 25.8 Å². The van der Waals surface area contributed by atoms with Gasteiger partial charge in [0.15, 0.2) is 0 Å². The van der Waals surface area contributed by atoms with Gasteiger partial charge in [0.1, 0.15) is 5.69 Å². The number of methoxy groups -OCH3 is 1. The standard InChI is InChI=1S/C15H25N3O3/c1-5-8-16-14-9-13(6-7-15(14)18(19)20)10-17(3)12(2)11-21-4/h6-7,9,12,16H,5,8,10-11H2,1-4H3. The lowest BCUT2D eigenvalue weighted by Gasteiger charge is -2.24. The third kappa shape index (κ3) is 5.32. The van der Waals surface area contributed by atoms with Crippen LogP contribution in [0.5, 0.6) is 0 Å². The van der Waals surface area contributed by atoms with E-state index in [1.807, 2.05) is 26.1 Å².